The monoisotopic (exact) mass is 238 g/mol. The third kappa shape index (κ3) is 2.80. The van der Waals surface area contributed by atoms with E-state index < -0.39 is 11.9 Å². The number of amides is 1. The Hall–Kier alpha value is -1.92. The Labute approximate surface area is 98.0 Å². The summed E-state index contributed by atoms with van der Waals surface area (Å²) in [7, 11) is 0. The van der Waals surface area contributed by atoms with Crippen molar-refractivity contribution in [1.29, 1.82) is 0 Å². The van der Waals surface area contributed by atoms with E-state index in [1.54, 1.807) is 11.1 Å². The molecular weight excluding hydrogens is 224 g/mol. The molecule has 2 heterocycles. The summed E-state index contributed by atoms with van der Waals surface area (Å²) >= 11 is 0. The van der Waals surface area contributed by atoms with Gasteiger partial charge < -0.3 is 10.0 Å². The molecule has 0 radical (unpaired) electrons. The minimum absolute atomic E-state index is 0.110. The van der Waals surface area contributed by atoms with E-state index in [1.807, 2.05) is 0 Å². The lowest BCUT2D eigenvalue weighted by Crippen LogP contribution is -2.43. The van der Waals surface area contributed by atoms with Gasteiger partial charge in [0, 0.05) is 19.3 Å². The predicted molar refractivity (Wildman–Crippen MR) is 57.0 cm³/mol. The normalized spacial score (nSPS) is 20.2. The number of rotatable bonds is 3. The van der Waals surface area contributed by atoms with Crippen molar-refractivity contribution >= 4 is 11.9 Å². The molecule has 92 valence electrons. The zero-order chi connectivity index (χ0) is 12.3. The highest BCUT2D eigenvalue weighted by Crippen LogP contribution is 2.16. The van der Waals surface area contributed by atoms with Crippen LogP contribution < -0.4 is 0 Å². The van der Waals surface area contributed by atoms with Crippen molar-refractivity contribution in [3.8, 4) is 0 Å². The number of piperidine rings is 1. The van der Waals surface area contributed by atoms with Crippen molar-refractivity contribution in [1.82, 2.24) is 19.9 Å². The van der Waals surface area contributed by atoms with Crippen LogP contribution in [0.25, 0.3) is 0 Å². The molecule has 0 spiro atoms. The molecule has 0 saturated carbocycles. The number of aromatic nitrogens is 3. The van der Waals surface area contributed by atoms with Gasteiger partial charge in [-0.3, -0.25) is 9.59 Å². The first-order valence-corrected chi connectivity index (χ1v) is 5.51. The molecule has 2 rings (SSSR count). The van der Waals surface area contributed by atoms with Crippen LogP contribution >= 0.6 is 0 Å². The maximum atomic E-state index is 11.9. The van der Waals surface area contributed by atoms with Gasteiger partial charge in [-0.25, -0.2) is 4.68 Å². The van der Waals surface area contributed by atoms with Crippen LogP contribution in [-0.2, 0) is 16.1 Å². The lowest BCUT2D eigenvalue weighted by atomic mass is 9.98. The van der Waals surface area contributed by atoms with Crippen molar-refractivity contribution < 1.29 is 14.7 Å². The summed E-state index contributed by atoms with van der Waals surface area (Å²) in [5.74, 6) is -1.38. The van der Waals surface area contributed by atoms with E-state index >= 15 is 0 Å². The molecule has 0 bridgehead atoms. The van der Waals surface area contributed by atoms with E-state index in [0.29, 0.717) is 19.5 Å². The summed E-state index contributed by atoms with van der Waals surface area (Å²) in [6.07, 6.45) is 4.49. The standard InChI is InChI=1S/C10H14N4O3/c15-9(7-14-5-3-11-12-14)13-4-1-2-8(6-13)10(16)17/h3,5,8H,1-2,4,6-7H2,(H,16,17). The third-order valence-corrected chi connectivity index (χ3v) is 2.89. The van der Waals surface area contributed by atoms with Crippen LogP contribution in [-0.4, -0.2) is 50.0 Å². The molecule has 1 aromatic rings. The SMILES string of the molecule is O=C(O)C1CCCN(C(=O)Cn2ccnn2)C1. The van der Waals surface area contributed by atoms with Crippen LogP contribution in [0.15, 0.2) is 12.4 Å². The maximum absolute atomic E-state index is 11.9. The Morgan fingerprint density at radius 2 is 2.29 bits per heavy atom. The van der Waals surface area contributed by atoms with Crippen LogP contribution in [0.4, 0.5) is 0 Å². The summed E-state index contributed by atoms with van der Waals surface area (Å²) in [6.45, 7) is 1.03. The first-order valence-electron chi connectivity index (χ1n) is 5.51. The van der Waals surface area contributed by atoms with Gasteiger partial charge >= 0.3 is 5.97 Å². The number of hydrogen-bond acceptors (Lipinski definition) is 4. The number of carbonyl (C=O) groups is 2. The second-order valence-electron chi connectivity index (χ2n) is 4.12. The van der Waals surface area contributed by atoms with Crippen LogP contribution in [0, 0.1) is 5.92 Å². The van der Waals surface area contributed by atoms with Crippen LogP contribution in [0.2, 0.25) is 0 Å². The zero-order valence-electron chi connectivity index (χ0n) is 9.32. The van der Waals surface area contributed by atoms with Gasteiger partial charge in [-0.05, 0) is 12.8 Å². The molecule has 1 fully saturated rings. The van der Waals surface area contributed by atoms with Crippen molar-refractivity contribution in [2.24, 2.45) is 5.92 Å². The Morgan fingerprint density at radius 3 is 2.94 bits per heavy atom. The molecule has 1 aromatic heterocycles. The Bertz CT molecular complexity index is 404. The van der Waals surface area contributed by atoms with Gasteiger partial charge in [0.05, 0.1) is 12.1 Å². The molecule has 0 aromatic carbocycles. The molecule has 1 aliphatic heterocycles. The quantitative estimate of drug-likeness (QED) is 0.774. The minimum atomic E-state index is -0.830. The van der Waals surface area contributed by atoms with E-state index in [4.69, 9.17) is 5.11 Å². The summed E-state index contributed by atoms with van der Waals surface area (Å²) in [6, 6.07) is 0. The lowest BCUT2D eigenvalue weighted by molar-refractivity contribution is -0.145. The van der Waals surface area contributed by atoms with Crippen LogP contribution in [0.5, 0.6) is 0 Å². The topological polar surface area (TPSA) is 88.3 Å². The van der Waals surface area contributed by atoms with E-state index in [-0.39, 0.29) is 12.5 Å². The van der Waals surface area contributed by atoms with E-state index in [1.165, 1.54) is 10.9 Å². The molecule has 17 heavy (non-hydrogen) atoms. The summed E-state index contributed by atoms with van der Waals surface area (Å²) < 4.78 is 1.44. The molecule has 1 aliphatic rings. The van der Waals surface area contributed by atoms with Gasteiger partial charge in [-0.1, -0.05) is 5.21 Å². The zero-order valence-corrected chi connectivity index (χ0v) is 9.32. The van der Waals surface area contributed by atoms with Crippen molar-refractivity contribution in [2.45, 2.75) is 19.4 Å². The highest BCUT2D eigenvalue weighted by Gasteiger charge is 2.28. The smallest absolute Gasteiger partial charge is 0.308 e. The number of carboxylic acids is 1. The molecule has 1 unspecified atom stereocenters. The van der Waals surface area contributed by atoms with Gasteiger partial charge in [0.15, 0.2) is 0 Å². The minimum Gasteiger partial charge on any atom is -0.481 e. The number of carboxylic acid groups (broad SMARTS) is 1. The van der Waals surface area contributed by atoms with E-state index in [2.05, 4.69) is 10.3 Å². The van der Waals surface area contributed by atoms with Crippen LogP contribution in [0.1, 0.15) is 12.8 Å². The van der Waals surface area contributed by atoms with Gasteiger partial charge in [0.1, 0.15) is 6.54 Å². The van der Waals surface area contributed by atoms with Gasteiger partial charge in [0.2, 0.25) is 5.91 Å². The molecule has 1 N–H and O–H groups in total. The fourth-order valence-corrected chi connectivity index (χ4v) is 1.96. The number of aliphatic carboxylic acids is 1. The van der Waals surface area contributed by atoms with Crippen molar-refractivity contribution in [2.75, 3.05) is 13.1 Å². The second-order valence-corrected chi connectivity index (χ2v) is 4.12. The maximum Gasteiger partial charge on any atom is 0.308 e. The van der Waals surface area contributed by atoms with E-state index in [0.717, 1.165) is 6.42 Å². The highest BCUT2D eigenvalue weighted by atomic mass is 16.4. The van der Waals surface area contributed by atoms with Gasteiger partial charge in [-0.15, -0.1) is 5.10 Å². The first-order chi connectivity index (χ1) is 8.16. The predicted octanol–water partition coefficient (Wildman–Crippen LogP) is -0.399. The second kappa shape index (κ2) is 4.94. The summed E-state index contributed by atoms with van der Waals surface area (Å²) in [5.41, 5.74) is 0. The van der Waals surface area contributed by atoms with Crippen molar-refractivity contribution in [3.63, 3.8) is 0 Å². The largest absolute Gasteiger partial charge is 0.481 e. The number of likely N-dealkylation sites (tertiary alicyclic amines) is 1. The van der Waals surface area contributed by atoms with Gasteiger partial charge in [0.25, 0.3) is 0 Å². The fourth-order valence-electron chi connectivity index (χ4n) is 1.96. The third-order valence-electron chi connectivity index (χ3n) is 2.89. The molecular formula is C10H14N4O3. The van der Waals surface area contributed by atoms with E-state index in [9.17, 15) is 9.59 Å². The Morgan fingerprint density at radius 1 is 1.47 bits per heavy atom. The average molecular weight is 238 g/mol. The fraction of sp³-hybridized carbons (Fsp3) is 0.600. The number of carbonyl (C=O) groups excluding carboxylic acids is 1. The average Bonchev–Trinajstić information content (AvgIpc) is 2.82. The molecule has 1 amide bonds. The molecule has 7 heteroatoms. The molecule has 1 saturated heterocycles. The molecule has 0 aliphatic carbocycles. The Balaban J connectivity index is 1.93. The number of hydrogen-bond donors (Lipinski definition) is 1. The number of nitrogens with zero attached hydrogens (tertiary/aromatic N) is 4. The van der Waals surface area contributed by atoms with Crippen LogP contribution in [0.3, 0.4) is 0 Å². The lowest BCUT2D eigenvalue weighted by Gasteiger charge is -2.30. The molecule has 1 atom stereocenters. The highest BCUT2D eigenvalue weighted by molar-refractivity contribution is 5.77. The van der Waals surface area contributed by atoms with Gasteiger partial charge in [-0.2, -0.15) is 0 Å². The summed E-state index contributed by atoms with van der Waals surface area (Å²) in [4.78, 5) is 24.3. The Kier molecular flexibility index (Phi) is 3.36. The molecule has 7 nitrogen and oxygen atoms in total. The first kappa shape index (κ1) is 11.6. The summed E-state index contributed by atoms with van der Waals surface area (Å²) in [5, 5.41) is 16.2. The van der Waals surface area contributed by atoms with Crippen molar-refractivity contribution in [3.05, 3.63) is 12.4 Å².